The van der Waals surface area contributed by atoms with Crippen molar-refractivity contribution >= 4 is 0 Å². The Kier molecular flexibility index (Phi) is 3.20. The van der Waals surface area contributed by atoms with Crippen LogP contribution in [0.1, 0.15) is 33.1 Å². The van der Waals surface area contributed by atoms with Crippen LogP contribution in [0.5, 0.6) is 0 Å². The summed E-state index contributed by atoms with van der Waals surface area (Å²) < 4.78 is 0. The Hall–Kier alpha value is -0.0400. The lowest BCUT2D eigenvalue weighted by molar-refractivity contribution is 0.587. The second-order valence-electron chi connectivity index (χ2n) is 3.37. The van der Waals surface area contributed by atoms with E-state index in [4.69, 9.17) is 0 Å². The highest BCUT2D eigenvalue weighted by Gasteiger charge is 2.34. The third-order valence-corrected chi connectivity index (χ3v) is 2.43. The first-order valence-corrected chi connectivity index (χ1v) is 4.59. The van der Waals surface area contributed by atoms with E-state index in [1.807, 2.05) is 0 Å². The summed E-state index contributed by atoms with van der Waals surface area (Å²) in [5.74, 6) is 2.08. The zero-order valence-corrected chi connectivity index (χ0v) is 7.19. The van der Waals surface area contributed by atoms with E-state index in [-0.39, 0.29) is 0 Å². The van der Waals surface area contributed by atoms with Crippen LogP contribution in [0.3, 0.4) is 0 Å². The number of rotatable bonds is 5. The molecule has 1 aliphatic rings. The normalized spacial score (nSPS) is 30.6. The highest BCUT2D eigenvalue weighted by Crippen LogP contribution is 2.40. The van der Waals surface area contributed by atoms with Crippen LogP contribution in [-0.2, 0) is 0 Å². The first-order chi connectivity index (χ1) is 4.88. The van der Waals surface area contributed by atoms with Gasteiger partial charge in [0, 0.05) is 0 Å². The Morgan fingerprint density at radius 1 is 1.30 bits per heavy atom. The first-order valence-electron chi connectivity index (χ1n) is 4.59. The fraction of sp³-hybridized carbons (Fsp3) is 1.00. The molecule has 0 saturated heterocycles. The van der Waals surface area contributed by atoms with E-state index in [1.54, 1.807) is 0 Å². The van der Waals surface area contributed by atoms with Gasteiger partial charge in [-0.05, 0) is 37.8 Å². The minimum atomic E-state index is 1.02. The van der Waals surface area contributed by atoms with Crippen molar-refractivity contribution in [3.63, 3.8) is 0 Å². The van der Waals surface area contributed by atoms with E-state index < -0.39 is 0 Å². The molecule has 0 radical (unpaired) electrons. The summed E-state index contributed by atoms with van der Waals surface area (Å²) in [5.41, 5.74) is 0. The lowest BCUT2D eigenvalue weighted by Crippen LogP contribution is -2.17. The van der Waals surface area contributed by atoms with Gasteiger partial charge < -0.3 is 5.32 Å². The van der Waals surface area contributed by atoms with Crippen molar-refractivity contribution in [1.29, 1.82) is 0 Å². The number of hydrogen-bond donors (Lipinski definition) is 1. The SMILES string of the molecule is CCCNCC1CC1CC. The van der Waals surface area contributed by atoms with Crippen molar-refractivity contribution < 1.29 is 0 Å². The molecule has 1 fully saturated rings. The maximum absolute atomic E-state index is 3.46. The summed E-state index contributed by atoms with van der Waals surface area (Å²) in [6.45, 7) is 6.99. The molecule has 0 aromatic rings. The van der Waals surface area contributed by atoms with Gasteiger partial charge in [-0.25, -0.2) is 0 Å². The topological polar surface area (TPSA) is 12.0 Å². The van der Waals surface area contributed by atoms with Gasteiger partial charge in [0.2, 0.25) is 0 Å². The summed E-state index contributed by atoms with van der Waals surface area (Å²) in [6.07, 6.45) is 4.13. The third kappa shape index (κ3) is 2.30. The molecule has 0 spiro atoms. The molecular formula is C9H19N. The molecule has 0 aromatic carbocycles. The smallest absolute Gasteiger partial charge is 0.00178 e. The molecule has 2 unspecified atom stereocenters. The molecule has 1 nitrogen and oxygen atoms in total. The molecule has 0 aliphatic heterocycles. The van der Waals surface area contributed by atoms with Crippen molar-refractivity contribution in [2.75, 3.05) is 13.1 Å². The highest BCUT2D eigenvalue weighted by atomic mass is 14.9. The zero-order chi connectivity index (χ0) is 7.40. The largest absolute Gasteiger partial charge is 0.316 e. The van der Waals surface area contributed by atoms with E-state index >= 15 is 0 Å². The standard InChI is InChI=1S/C9H19N/c1-3-5-10-7-9-6-8(9)4-2/h8-10H,3-7H2,1-2H3. The van der Waals surface area contributed by atoms with Crippen LogP contribution in [0, 0.1) is 11.8 Å². The van der Waals surface area contributed by atoms with Crippen LogP contribution in [0.2, 0.25) is 0 Å². The fourth-order valence-electron chi connectivity index (χ4n) is 1.52. The Morgan fingerprint density at radius 2 is 2.10 bits per heavy atom. The summed E-state index contributed by atoms with van der Waals surface area (Å²) >= 11 is 0. The minimum Gasteiger partial charge on any atom is -0.316 e. The lowest BCUT2D eigenvalue weighted by atomic mass is 10.2. The average Bonchev–Trinajstić information content (AvgIpc) is 2.68. The second-order valence-corrected chi connectivity index (χ2v) is 3.37. The van der Waals surface area contributed by atoms with Crippen molar-refractivity contribution in [3.05, 3.63) is 0 Å². The van der Waals surface area contributed by atoms with Crippen LogP contribution in [0.25, 0.3) is 0 Å². The van der Waals surface area contributed by atoms with Crippen LogP contribution in [-0.4, -0.2) is 13.1 Å². The monoisotopic (exact) mass is 141 g/mol. The summed E-state index contributed by atoms with van der Waals surface area (Å²) in [5, 5.41) is 3.46. The van der Waals surface area contributed by atoms with E-state index in [0.29, 0.717) is 0 Å². The molecule has 60 valence electrons. The molecule has 10 heavy (non-hydrogen) atoms. The van der Waals surface area contributed by atoms with Crippen molar-refractivity contribution in [1.82, 2.24) is 5.32 Å². The lowest BCUT2D eigenvalue weighted by Gasteiger charge is -1.99. The molecule has 2 atom stereocenters. The van der Waals surface area contributed by atoms with Gasteiger partial charge >= 0.3 is 0 Å². The second kappa shape index (κ2) is 3.97. The van der Waals surface area contributed by atoms with Crippen LogP contribution < -0.4 is 5.32 Å². The maximum atomic E-state index is 3.46. The maximum Gasteiger partial charge on any atom is -0.00178 e. The van der Waals surface area contributed by atoms with Gasteiger partial charge in [0.25, 0.3) is 0 Å². The molecule has 0 heterocycles. The van der Waals surface area contributed by atoms with Crippen molar-refractivity contribution in [2.24, 2.45) is 11.8 Å². The van der Waals surface area contributed by atoms with Gasteiger partial charge in [-0.1, -0.05) is 20.3 Å². The molecule has 0 amide bonds. The summed E-state index contributed by atoms with van der Waals surface area (Å²) in [7, 11) is 0. The van der Waals surface area contributed by atoms with Gasteiger partial charge in [-0.15, -0.1) is 0 Å². The van der Waals surface area contributed by atoms with E-state index in [9.17, 15) is 0 Å². The third-order valence-electron chi connectivity index (χ3n) is 2.43. The predicted octanol–water partition coefficient (Wildman–Crippen LogP) is 2.03. The number of nitrogens with one attached hydrogen (secondary N) is 1. The quantitative estimate of drug-likeness (QED) is 0.578. The fourth-order valence-corrected chi connectivity index (χ4v) is 1.52. The van der Waals surface area contributed by atoms with E-state index in [2.05, 4.69) is 19.2 Å². The molecule has 1 aliphatic carbocycles. The van der Waals surface area contributed by atoms with Crippen molar-refractivity contribution in [3.8, 4) is 0 Å². The Labute approximate surface area is 64.2 Å². The molecule has 1 saturated carbocycles. The number of hydrogen-bond acceptors (Lipinski definition) is 1. The summed E-state index contributed by atoms with van der Waals surface area (Å²) in [6, 6.07) is 0. The zero-order valence-electron chi connectivity index (χ0n) is 7.19. The van der Waals surface area contributed by atoms with Gasteiger partial charge in [0.15, 0.2) is 0 Å². The minimum absolute atomic E-state index is 1.02. The van der Waals surface area contributed by atoms with Crippen LogP contribution >= 0.6 is 0 Å². The van der Waals surface area contributed by atoms with Crippen molar-refractivity contribution in [2.45, 2.75) is 33.1 Å². The van der Waals surface area contributed by atoms with Crippen LogP contribution in [0.4, 0.5) is 0 Å². The molecule has 1 heteroatoms. The summed E-state index contributed by atoms with van der Waals surface area (Å²) in [4.78, 5) is 0. The van der Waals surface area contributed by atoms with Gasteiger partial charge in [0.05, 0.1) is 0 Å². The van der Waals surface area contributed by atoms with Gasteiger partial charge in [-0.2, -0.15) is 0 Å². The van der Waals surface area contributed by atoms with Gasteiger partial charge in [-0.3, -0.25) is 0 Å². The Bertz CT molecular complexity index is 90.7. The Balaban J connectivity index is 1.87. The molecule has 0 bridgehead atoms. The molecular weight excluding hydrogens is 122 g/mol. The first kappa shape index (κ1) is 8.06. The van der Waals surface area contributed by atoms with E-state index in [0.717, 1.165) is 11.8 Å². The average molecular weight is 141 g/mol. The molecule has 1 rings (SSSR count). The predicted molar refractivity (Wildman–Crippen MR) is 45.0 cm³/mol. The molecule has 1 N–H and O–H groups in total. The highest BCUT2D eigenvalue weighted by molar-refractivity contribution is 4.86. The van der Waals surface area contributed by atoms with Crippen LogP contribution in [0.15, 0.2) is 0 Å². The van der Waals surface area contributed by atoms with E-state index in [1.165, 1.54) is 32.4 Å². The van der Waals surface area contributed by atoms with Gasteiger partial charge in [0.1, 0.15) is 0 Å². The molecule has 0 aromatic heterocycles. The Morgan fingerprint density at radius 3 is 2.60 bits per heavy atom.